The highest BCUT2D eigenvalue weighted by molar-refractivity contribution is 5.78. The van der Waals surface area contributed by atoms with E-state index >= 15 is 0 Å². The molecule has 104 valence electrons. The first-order valence-electron chi connectivity index (χ1n) is 7.80. The normalized spacial score (nSPS) is 23.9. The minimum Gasteiger partial charge on any atom is -0.342 e. The van der Waals surface area contributed by atoms with Crippen LogP contribution < -0.4 is 5.73 Å². The highest BCUT2D eigenvalue weighted by atomic mass is 16.2. The van der Waals surface area contributed by atoms with Gasteiger partial charge in [0, 0.05) is 19.0 Å². The lowest BCUT2D eigenvalue weighted by Crippen LogP contribution is -2.42. The summed E-state index contributed by atoms with van der Waals surface area (Å²) in [6, 6.07) is 0. The van der Waals surface area contributed by atoms with Crippen molar-refractivity contribution in [3.8, 4) is 0 Å². The van der Waals surface area contributed by atoms with Gasteiger partial charge in [0.1, 0.15) is 0 Å². The Hall–Kier alpha value is -0.570. The number of amides is 1. The molecular weight excluding hydrogens is 224 g/mol. The van der Waals surface area contributed by atoms with E-state index in [-0.39, 0.29) is 0 Å². The molecule has 0 unspecified atom stereocenters. The molecule has 3 nitrogen and oxygen atoms in total. The van der Waals surface area contributed by atoms with Crippen molar-refractivity contribution in [1.29, 1.82) is 0 Å². The Kier molecular flexibility index (Phi) is 5.48. The van der Waals surface area contributed by atoms with Crippen molar-refractivity contribution in [2.45, 2.75) is 57.8 Å². The van der Waals surface area contributed by atoms with E-state index in [1.165, 1.54) is 25.7 Å². The summed E-state index contributed by atoms with van der Waals surface area (Å²) in [5.74, 6) is 1.54. The van der Waals surface area contributed by atoms with Crippen LogP contribution in [0.4, 0.5) is 0 Å². The zero-order chi connectivity index (χ0) is 12.8. The third-order valence-corrected chi connectivity index (χ3v) is 4.71. The Balaban J connectivity index is 1.79. The van der Waals surface area contributed by atoms with Gasteiger partial charge in [0.15, 0.2) is 0 Å². The number of nitrogens with two attached hydrogens (primary N) is 1. The second-order valence-corrected chi connectivity index (χ2v) is 6.03. The summed E-state index contributed by atoms with van der Waals surface area (Å²) >= 11 is 0. The first-order chi connectivity index (χ1) is 8.81. The number of carbonyl (C=O) groups is 1. The van der Waals surface area contributed by atoms with Crippen molar-refractivity contribution in [2.75, 3.05) is 19.6 Å². The van der Waals surface area contributed by atoms with E-state index in [9.17, 15) is 4.79 Å². The first-order valence-corrected chi connectivity index (χ1v) is 7.80. The van der Waals surface area contributed by atoms with E-state index in [4.69, 9.17) is 5.73 Å². The van der Waals surface area contributed by atoms with Crippen LogP contribution in [-0.2, 0) is 4.79 Å². The number of piperidine rings is 1. The molecule has 1 heterocycles. The zero-order valence-corrected chi connectivity index (χ0v) is 11.6. The summed E-state index contributed by atoms with van der Waals surface area (Å²) in [7, 11) is 0. The van der Waals surface area contributed by atoms with Crippen LogP contribution >= 0.6 is 0 Å². The van der Waals surface area contributed by atoms with Crippen molar-refractivity contribution in [2.24, 2.45) is 17.6 Å². The Morgan fingerprint density at radius 3 is 2.17 bits per heavy atom. The van der Waals surface area contributed by atoms with Gasteiger partial charge in [0.25, 0.3) is 0 Å². The third kappa shape index (κ3) is 3.71. The topological polar surface area (TPSA) is 46.3 Å². The Morgan fingerprint density at radius 2 is 1.61 bits per heavy atom. The Labute approximate surface area is 111 Å². The minimum absolute atomic E-state index is 0.332. The van der Waals surface area contributed by atoms with Gasteiger partial charge in [0.2, 0.25) is 5.91 Å². The summed E-state index contributed by atoms with van der Waals surface area (Å²) in [5, 5.41) is 0. The number of rotatable bonds is 3. The highest BCUT2D eigenvalue weighted by Gasteiger charge is 2.28. The third-order valence-electron chi connectivity index (χ3n) is 4.71. The molecule has 2 aliphatic rings. The van der Waals surface area contributed by atoms with Crippen LogP contribution in [0, 0.1) is 11.8 Å². The van der Waals surface area contributed by atoms with Crippen molar-refractivity contribution in [1.82, 2.24) is 4.90 Å². The van der Waals surface area contributed by atoms with E-state index < -0.39 is 0 Å². The summed E-state index contributed by atoms with van der Waals surface area (Å²) in [4.78, 5) is 14.6. The van der Waals surface area contributed by atoms with Crippen molar-refractivity contribution < 1.29 is 4.79 Å². The van der Waals surface area contributed by atoms with Gasteiger partial charge in [0.05, 0.1) is 0 Å². The molecule has 3 heteroatoms. The molecule has 2 fully saturated rings. The standard InChI is InChI=1S/C15H28N2O/c16-10-7-13-8-11-17(12-9-13)15(18)14-5-3-1-2-4-6-14/h13-14H,1-12,16H2. The van der Waals surface area contributed by atoms with Crippen LogP contribution in [0.15, 0.2) is 0 Å². The average Bonchev–Trinajstić information content (AvgIpc) is 2.68. The maximum atomic E-state index is 12.5. The van der Waals surface area contributed by atoms with Crippen molar-refractivity contribution in [3.63, 3.8) is 0 Å². The summed E-state index contributed by atoms with van der Waals surface area (Å²) in [5.41, 5.74) is 5.61. The number of hydrogen-bond donors (Lipinski definition) is 1. The molecule has 0 spiro atoms. The van der Waals surface area contributed by atoms with E-state index in [0.29, 0.717) is 11.8 Å². The predicted molar refractivity (Wildman–Crippen MR) is 74.2 cm³/mol. The van der Waals surface area contributed by atoms with Crippen LogP contribution in [-0.4, -0.2) is 30.4 Å². The smallest absolute Gasteiger partial charge is 0.225 e. The van der Waals surface area contributed by atoms with Crippen molar-refractivity contribution >= 4 is 5.91 Å². The van der Waals surface area contributed by atoms with Gasteiger partial charge < -0.3 is 10.6 Å². The Bertz CT molecular complexity index is 251. The molecule has 1 saturated carbocycles. The van der Waals surface area contributed by atoms with Crippen LogP contribution in [0.2, 0.25) is 0 Å². The maximum absolute atomic E-state index is 12.5. The molecule has 1 aliphatic carbocycles. The second kappa shape index (κ2) is 7.13. The van der Waals surface area contributed by atoms with E-state index in [2.05, 4.69) is 4.90 Å². The number of likely N-dealkylation sites (tertiary alicyclic amines) is 1. The molecule has 18 heavy (non-hydrogen) atoms. The highest BCUT2D eigenvalue weighted by Crippen LogP contribution is 2.27. The van der Waals surface area contributed by atoms with E-state index in [1.54, 1.807) is 0 Å². The van der Waals surface area contributed by atoms with Crippen LogP contribution in [0.5, 0.6) is 0 Å². The average molecular weight is 252 g/mol. The molecule has 0 aromatic rings. The predicted octanol–water partition coefficient (Wildman–Crippen LogP) is 2.54. The molecule has 0 radical (unpaired) electrons. The van der Waals surface area contributed by atoms with Gasteiger partial charge in [-0.25, -0.2) is 0 Å². The van der Waals surface area contributed by atoms with Crippen molar-refractivity contribution in [3.05, 3.63) is 0 Å². The van der Waals surface area contributed by atoms with E-state index in [1.807, 2.05) is 0 Å². The minimum atomic E-state index is 0.332. The first kappa shape index (κ1) is 13.9. The lowest BCUT2D eigenvalue weighted by molar-refractivity contribution is -0.137. The van der Waals surface area contributed by atoms with Gasteiger partial charge in [-0.15, -0.1) is 0 Å². The fraction of sp³-hybridized carbons (Fsp3) is 0.933. The van der Waals surface area contributed by atoms with Crippen LogP contribution in [0.25, 0.3) is 0 Å². The number of nitrogens with zero attached hydrogens (tertiary/aromatic N) is 1. The van der Waals surface area contributed by atoms with E-state index in [0.717, 1.165) is 57.7 Å². The zero-order valence-electron chi connectivity index (χ0n) is 11.6. The van der Waals surface area contributed by atoms with Gasteiger partial charge in [-0.3, -0.25) is 4.79 Å². The van der Waals surface area contributed by atoms with Gasteiger partial charge in [-0.1, -0.05) is 25.7 Å². The fourth-order valence-corrected chi connectivity index (χ4v) is 3.46. The molecule has 2 N–H and O–H groups in total. The molecule has 0 bridgehead atoms. The molecule has 0 aromatic carbocycles. The largest absolute Gasteiger partial charge is 0.342 e. The molecular formula is C15H28N2O. The SMILES string of the molecule is NCCC1CCN(C(=O)C2CCCCCC2)CC1. The monoisotopic (exact) mass is 252 g/mol. The van der Waals surface area contributed by atoms with Gasteiger partial charge in [-0.2, -0.15) is 0 Å². The van der Waals surface area contributed by atoms with Crippen LogP contribution in [0.3, 0.4) is 0 Å². The molecule has 1 amide bonds. The number of hydrogen-bond acceptors (Lipinski definition) is 2. The molecule has 0 atom stereocenters. The second-order valence-electron chi connectivity index (χ2n) is 6.03. The summed E-state index contributed by atoms with van der Waals surface area (Å²) in [6.07, 6.45) is 10.9. The summed E-state index contributed by atoms with van der Waals surface area (Å²) < 4.78 is 0. The van der Waals surface area contributed by atoms with Gasteiger partial charge >= 0.3 is 0 Å². The molecule has 0 aromatic heterocycles. The quantitative estimate of drug-likeness (QED) is 0.785. The number of carbonyl (C=O) groups excluding carboxylic acids is 1. The summed E-state index contributed by atoms with van der Waals surface area (Å²) in [6.45, 7) is 2.74. The fourth-order valence-electron chi connectivity index (χ4n) is 3.46. The molecule has 2 rings (SSSR count). The van der Waals surface area contributed by atoms with Crippen LogP contribution in [0.1, 0.15) is 57.8 Å². The molecule has 1 saturated heterocycles. The molecule has 1 aliphatic heterocycles. The lowest BCUT2D eigenvalue weighted by Gasteiger charge is -2.34. The maximum Gasteiger partial charge on any atom is 0.225 e. The lowest BCUT2D eigenvalue weighted by atomic mass is 9.91. The Morgan fingerprint density at radius 1 is 1.00 bits per heavy atom. The van der Waals surface area contributed by atoms with Gasteiger partial charge in [-0.05, 0) is 44.6 Å².